The van der Waals surface area contributed by atoms with Crippen LogP contribution in [0.4, 0.5) is 0 Å². The van der Waals surface area contributed by atoms with Gasteiger partial charge in [0.15, 0.2) is 0 Å². The van der Waals surface area contributed by atoms with E-state index in [-0.39, 0.29) is 19.4 Å². The highest BCUT2D eigenvalue weighted by molar-refractivity contribution is 5.88. The number of carboxylic acid groups (broad SMARTS) is 2. The number of carbonyl (C=O) groups excluding carboxylic acids is 1. The smallest absolute Gasteiger partial charge is 0.328 e. The first-order valence-electron chi connectivity index (χ1n) is 5.61. The van der Waals surface area contributed by atoms with E-state index in [4.69, 9.17) is 21.7 Å². The maximum absolute atomic E-state index is 11.9. The Bertz CT molecular complexity index is 359. The lowest BCUT2D eigenvalue weighted by Gasteiger charge is -2.25. The standard InChI is InChI=1S/C10H17N3O5/c11-5-3-4-13(8(5)10(17)18)9(16)6(12)1-2-7(14)15/h5-6,8H,1-4,11-12H2,(H,14,15)(H,17,18)/t5-,6+,8+/m1/s1. The van der Waals surface area contributed by atoms with Crippen molar-refractivity contribution in [3.63, 3.8) is 0 Å². The number of nitrogens with two attached hydrogens (primary N) is 2. The Morgan fingerprint density at radius 2 is 1.94 bits per heavy atom. The Morgan fingerprint density at radius 1 is 1.33 bits per heavy atom. The number of rotatable bonds is 5. The van der Waals surface area contributed by atoms with Crippen molar-refractivity contribution in [3.05, 3.63) is 0 Å². The third-order valence-corrected chi connectivity index (χ3v) is 2.97. The van der Waals surface area contributed by atoms with Crippen LogP contribution < -0.4 is 11.5 Å². The minimum Gasteiger partial charge on any atom is -0.481 e. The number of carboxylic acids is 2. The molecule has 1 heterocycles. The first kappa shape index (κ1) is 14.4. The van der Waals surface area contributed by atoms with Gasteiger partial charge in [0.25, 0.3) is 0 Å². The van der Waals surface area contributed by atoms with Crippen LogP contribution in [0.3, 0.4) is 0 Å². The zero-order valence-electron chi connectivity index (χ0n) is 9.78. The summed E-state index contributed by atoms with van der Waals surface area (Å²) >= 11 is 0. The van der Waals surface area contributed by atoms with Crippen LogP contribution >= 0.6 is 0 Å². The first-order chi connectivity index (χ1) is 8.34. The van der Waals surface area contributed by atoms with Gasteiger partial charge < -0.3 is 26.6 Å². The van der Waals surface area contributed by atoms with Crippen molar-refractivity contribution in [1.29, 1.82) is 0 Å². The summed E-state index contributed by atoms with van der Waals surface area (Å²) in [7, 11) is 0. The summed E-state index contributed by atoms with van der Waals surface area (Å²) in [5.74, 6) is -2.78. The molecule has 0 aromatic carbocycles. The molecule has 0 unspecified atom stereocenters. The Kier molecular flexibility index (Phi) is 4.62. The molecule has 1 aliphatic rings. The van der Waals surface area contributed by atoms with Crippen LogP contribution in [-0.2, 0) is 14.4 Å². The molecule has 8 heteroatoms. The van der Waals surface area contributed by atoms with E-state index in [9.17, 15) is 14.4 Å². The maximum Gasteiger partial charge on any atom is 0.328 e. The number of nitrogens with zero attached hydrogens (tertiary/aromatic N) is 1. The van der Waals surface area contributed by atoms with Gasteiger partial charge in [-0.2, -0.15) is 0 Å². The summed E-state index contributed by atoms with van der Waals surface area (Å²) in [6.45, 7) is 0.234. The van der Waals surface area contributed by atoms with Gasteiger partial charge in [0.2, 0.25) is 5.91 Å². The molecule has 1 amide bonds. The Hall–Kier alpha value is -1.67. The molecular weight excluding hydrogens is 242 g/mol. The van der Waals surface area contributed by atoms with Gasteiger partial charge in [-0.05, 0) is 12.8 Å². The number of aliphatic carboxylic acids is 2. The van der Waals surface area contributed by atoms with Crippen LogP contribution in [0, 0.1) is 0 Å². The molecule has 0 aliphatic carbocycles. The van der Waals surface area contributed by atoms with Crippen molar-refractivity contribution in [2.75, 3.05) is 6.54 Å². The van der Waals surface area contributed by atoms with Crippen molar-refractivity contribution in [1.82, 2.24) is 4.90 Å². The van der Waals surface area contributed by atoms with Gasteiger partial charge in [-0.3, -0.25) is 9.59 Å². The number of hydrogen-bond donors (Lipinski definition) is 4. The van der Waals surface area contributed by atoms with E-state index in [1.165, 1.54) is 0 Å². The molecule has 1 aliphatic heterocycles. The zero-order chi connectivity index (χ0) is 13.9. The second-order valence-corrected chi connectivity index (χ2v) is 4.31. The van der Waals surface area contributed by atoms with Crippen molar-refractivity contribution < 1.29 is 24.6 Å². The normalized spacial score (nSPS) is 24.9. The molecule has 3 atom stereocenters. The lowest BCUT2D eigenvalue weighted by molar-refractivity contribution is -0.149. The largest absolute Gasteiger partial charge is 0.481 e. The fourth-order valence-electron chi connectivity index (χ4n) is 2.00. The van der Waals surface area contributed by atoms with Gasteiger partial charge in [-0.1, -0.05) is 0 Å². The van der Waals surface area contributed by atoms with Crippen molar-refractivity contribution >= 4 is 17.8 Å². The maximum atomic E-state index is 11.9. The van der Waals surface area contributed by atoms with E-state index in [0.717, 1.165) is 4.90 Å². The lowest BCUT2D eigenvalue weighted by atomic mass is 10.1. The molecular formula is C10H17N3O5. The molecule has 8 nitrogen and oxygen atoms in total. The number of likely N-dealkylation sites (tertiary alicyclic amines) is 1. The molecule has 18 heavy (non-hydrogen) atoms. The second kappa shape index (κ2) is 5.78. The second-order valence-electron chi connectivity index (χ2n) is 4.31. The van der Waals surface area contributed by atoms with Crippen molar-refractivity contribution in [2.45, 2.75) is 37.4 Å². The minimum absolute atomic E-state index is 0.0216. The van der Waals surface area contributed by atoms with Gasteiger partial charge in [0.05, 0.1) is 6.04 Å². The Balaban J connectivity index is 2.65. The first-order valence-corrected chi connectivity index (χ1v) is 5.61. The van der Waals surface area contributed by atoms with Gasteiger partial charge in [-0.25, -0.2) is 4.79 Å². The summed E-state index contributed by atoms with van der Waals surface area (Å²) < 4.78 is 0. The van der Waals surface area contributed by atoms with Gasteiger partial charge in [0, 0.05) is 19.0 Å². The van der Waals surface area contributed by atoms with Crippen molar-refractivity contribution in [3.8, 4) is 0 Å². The third-order valence-electron chi connectivity index (χ3n) is 2.97. The number of hydrogen-bond acceptors (Lipinski definition) is 5. The molecule has 6 N–H and O–H groups in total. The van der Waals surface area contributed by atoms with Gasteiger partial charge in [0.1, 0.15) is 6.04 Å². The molecule has 102 valence electrons. The van der Waals surface area contributed by atoms with E-state index in [1.807, 2.05) is 0 Å². The average molecular weight is 259 g/mol. The van der Waals surface area contributed by atoms with E-state index >= 15 is 0 Å². The van der Waals surface area contributed by atoms with Gasteiger partial charge >= 0.3 is 11.9 Å². The Morgan fingerprint density at radius 3 is 2.44 bits per heavy atom. The fraction of sp³-hybridized carbons (Fsp3) is 0.700. The van der Waals surface area contributed by atoms with Gasteiger partial charge in [-0.15, -0.1) is 0 Å². The molecule has 0 spiro atoms. The quantitative estimate of drug-likeness (QED) is 0.455. The summed E-state index contributed by atoms with van der Waals surface area (Å²) in [6, 6.07) is -2.69. The molecule has 0 aromatic rings. The SMILES string of the molecule is N[C@@H]1CCN(C(=O)[C@@H](N)CCC(=O)O)[C@@H]1C(=O)O. The number of amides is 1. The topological polar surface area (TPSA) is 147 Å². The summed E-state index contributed by atoms with van der Waals surface area (Å²) in [5, 5.41) is 17.5. The fourth-order valence-corrected chi connectivity index (χ4v) is 2.00. The average Bonchev–Trinajstić information content (AvgIpc) is 2.66. The lowest BCUT2D eigenvalue weighted by Crippen LogP contribution is -2.52. The molecule has 0 saturated carbocycles. The minimum atomic E-state index is -1.17. The highest BCUT2D eigenvalue weighted by Gasteiger charge is 2.41. The summed E-state index contributed by atoms with van der Waals surface area (Å²) in [4.78, 5) is 34.4. The van der Waals surface area contributed by atoms with Crippen LogP contribution in [0.1, 0.15) is 19.3 Å². The van der Waals surface area contributed by atoms with E-state index in [1.54, 1.807) is 0 Å². The van der Waals surface area contributed by atoms with Crippen LogP contribution in [0.25, 0.3) is 0 Å². The Labute approximate surface area is 104 Å². The molecule has 0 radical (unpaired) electrons. The number of carbonyl (C=O) groups is 3. The summed E-state index contributed by atoms with van der Waals surface area (Å²) in [6.07, 6.45) is 0.144. The zero-order valence-corrected chi connectivity index (χ0v) is 9.78. The summed E-state index contributed by atoms with van der Waals surface area (Å²) in [5.41, 5.74) is 11.2. The third kappa shape index (κ3) is 3.17. The van der Waals surface area contributed by atoms with E-state index in [2.05, 4.69) is 0 Å². The van der Waals surface area contributed by atoms with Crippen LogP contribution in [0.5, 0.6) is 0 Å². The molecule has 1 saturated heterocycles. The highest BCUT2D eigenvalue weighted by Crippen LogP contribution is 2.18. The van der Waals surface area contributed by atoms with E-state index in [0.29, 0.717) is 6.42 Å². The monoisotopic (exact) mass is 259 g/mol. The molecule has 0 bridgehead atoms. The molecule has 1 rings (SSSR count). The predicted molar refractivity (Wildman–Crippen MR) is 60.6 cm³/mol. The highest BCUT2D eigenvalue weighted by atomic mass is 16.4. The van der Waals surface area contributed by atoms with E-state index < -0.39 is 36.0 Å². The van der Waals surface area contributed by atoms with Crippen LogP contribution in [0.15, 0.2) is 0 Å². The van der Waals surface area contributed by atoms with Crippen LogP contribution in [0.2, 0.25) is 0 Å². The van der Waals surface area contributed by atoms with Crippen molar-refractivity contribution in [2.24, 2.45) is 11.5 Å². The predicted octanol–water partition coefficient (Wildman–Crippen LogP) is -1.81. The molecule has 1 fully saturated rings. The molecule has 0 aromatic heterocycles. The van der Waals surface area contributed by atoms with Crippen LogP contribution in [-0.4, -0.2) is 57.6 Å².